The molecule has 1 amide bonds. The van der Waals surface area contributed by atoms with Gasteiger partial charge in [0.05, 0.1) is 0 Å². The molecular weight excluding hydrogens is 387 g/mol. The van der Waals surface area contributed by atoms with Gasteiger partial charge in [0.25, 0.3) is 0 Å². The van der Waals surface area contributed by atoms with Gasteiger partial charge in [-0.1, -0.05) is 59.3 Å². The van der Waals surface area contributed by atoms with E-state index in [2.05, 4.69) is 20.8 Å². The second-order valence-electron chi connectivity index (χ2n) is 7.35. The molecule has 0 fully saturated rings. The third-order valence-electron chi connectivity index (χ3n) is 3.82. The summed E-state index contributed by atoms with van der Waals surface area (Å²) in [6.45, 7) is 6.62. The van der Waals surface area contributed by atoms with E-state index >= 15 is 0 Å². The first kappa shape index (κ1) is 25.6. The Balaban J connectivity index is 3.71. The van der Waals surface area contributed by atoms with Crippen molar-refractivity contribution in [2.45, 2.75) is 88.8 Å². The van der Waals surface area contributed by atoms with E-state index in [9.17, 15) is 26.4 Å². The van der Waals surface area contributed by atoms with E-state index in [1.54, 1.807) is 0 Å². The van der Waals surface area contributed by atoms with E-state index in [1.165, 1.54) is 18.6 Å². The lowest BCUT2D eigenvalue weighted by atomic mass is 10.1. The van der Waals surface area contributed by atoms with Crippen LogP contribution in [0.3, 0.4) is 0 Å². The first-order valence-electron chi connectivity index (χ1n) is 9.01. The molecule has 0 atom stereocenters. The number of sulfonamides is 1. The molecule has 0 rings (SSSR count). The van der Waals surface area contributed by atoms with Gasteiger partial charge in [0.1, 0.15) is 0 Å². The zero-order valence-electron chi connectivity index (χ0n) is 16.2. The van der Waals surface area contributed by atoms with E-state index < -0.39 is 21.4 Å². The van der Waals surface area contributed by atoms with Crippen molar-refractivity contribution in [3.63, 3.8) is 0 Å². The van der Waals surface area contributed by atoms with Gasteiger partial charge in [0.15, 0.2) is 0 Å². The number of nitrogens with zero attached hydrogens (tertiary/aromatic N) is 1. The number of alkyl halides is 3. The maximum absolute atomic E-state index is 12.4. The maximum Gasteiger partial charge on any atom is 0.516 e. The van der Waals surface area contributed by atoms with Crippen molar-refractivity contribution >= 4 is 27.7 Å². The zero-order valence-corrected chi connectivity index (χ0v) is 17.8. The van der Waals surface area contributed by atoms with E-state index in [0.29, 0.717) is 24.6 Å². The minimum atomic E-state index is -5.57. The molecule has 0 saturated heterocycles. The molecular formula is C17H32F3NO3S2. The minimum absolute atomic E-state index is 0.185. The van der Waals surface area contributed by atoms with Gasteiger partial charge >= 0.3 is 15.5 Å². The van der Waals surface area contributed by atoms with Crippen LogP contribution in [0.4, 0.5) is 13.2 Å². The highest BCUT2D eigenvalue weighted by atomic mass is 32.2. The zero-order chi connectivity index (χ0) is 20.4. The van der Waals surface area contributed by atoms with Crippen molar-refractivity contribution in [2.24, 2.45) is 0 Å². The Morgan fingerprint density at radius 2 is 1.31 bits per heavy atom. The van der Waals surface area contributed by atoms with E-state index in [4.69, 9.17) is 0 Å². The number of hydrogen-bond donors (Lipinski definition) is 0. The van der Waals surface area contributed by atoms with Crippen molar-refractivity contribution in [3.8, 4) is 0 Å². The number of rotatable bonds is 12. The van der Waals surface area contributed by atoms with Crippen LogP contribution in [0.1, 0.15) is 78.6 Å². The third-order valence-corrected chi connectivity index (χ3v) is 6.69. The molecule has 0 aliphatic rings. The normalized spacial score (nSPS) is 13.0. The van der Waals surface area contributed by atoms with Crippen molar-refractivity contribution < 1.29 is 26.4 Å². The van der Waals surface area contributed by atoms with Crippen LogP contribution in [0.2, 0.25) is 0 Å². The number of carbonyl (C=O) groups is 1. The second kappa shape index (κ2) is 11.4. The molecule has 0 aromatic rings. The number of thioether (sulfide) groups is 1. The average Bonchev–Trinajstić information content (AvgIpc) is 2.49. The molecule has 26 heavy (non-hydrogen) atoms. The second-order valence-corrected chi connectivity index (χ2v) is 11.2. The summed E-state index contributed by atoms with van der Waals surface area (Å²) in [5, 5.41) is 0. The van der Waals surface area contributed by atoms with Crippen LogP contribution in [0.25, 0.3) is 0 Å². The Kier molecular flexibility index (Phi) is 11.2. The fourth-order valence-electron chi connectivity index (χ4n) is 2.26. The van der Waals surface area contributed by atoms with Gasteiger partial charge in [-0.3, -0.25) is 4.79 Å². The number of carbonyl (C=O) groups excluding carboxylic acids is 1. The van der Waals surface area contributed by atoms with Crippen LogP contribution in [-0.2, 0) is 14.8 Å². The maximum atomic E-state index is 12.4. The van der Waals surface area contributed by atoms with Crippen molar-refractivity contribution in [2.75, 3.05) is 12.8 Å². The third kappa shape index (κ3) is 10.6. The van der Waals surface area contributed by atoms with Crippen molar-refractivity contribution in [1.29, 1.82) is 0 Å². The topological polar surface area (TPSA) is 54.5 Å². The van der Waals surface area contributed by atoms with Gasteiger partial charge in [-0.2, -0.15) is 33.4 Å². The number of amides is 1. The predicted molar refractivity (Wildman–Crippen MR) is 102 cm³/mol. The van der Waals surface area contributed by atoms with Gasteiger partial charge in [-0.05, 0) is 18.6 Å². The molecule has 9 heteroatoms. The molecule has 0 aromatic carbocycles. The largest absolute Gasteiger partial charge is 0.516 e. The smallest absolute Gasteiger partial charge is 0.274 e. The average molecular weight is 420 g/mol. The summed E-state index contributed by atoms with van der Waals surface area (Å²) in [5.74, 6) is 0.152. The molecule has 0 heterocycles. The highest BCUT2D eigenvalue weighted by molar-refractivity contribution is 8.00. The Morgan fingerprint density at radius 3 is 1.73 bits per heavy atom. The summed E-state index contributed by atoms with van der Waals surface area (Å²) >= 11 is 1.97. The molecule has 0 aromatic heterocycles. The van der Waals surface area contributed by atoms with Crippen LogP contribution < -0.4 is 0 Å². The van der Waals surface area contributed by atoms with Crippen LogP contribution >= 0.6 is 11.8 Å². The summed E-state index contributed by atoms with van der Waals surface area (Å²) in [4.78, 5) is 11.6. The van der Waals surface area contributed by atoms with Gasteiger partial charge in [0, 0.05) is 18.2 Å². The minimum Gasteiger partial charge on any atom is -0.274 e. The quantitative estimate of drug-likeness (QED) is 0.401. The van der Waals surface area contributed by atoms with E-state index in [1.807, 2.05) is 11.8 Å². The van der Waals surface area contributed by atoms with Crippen molar-refractivity contribution in [3.05, 3.63) is 0 Å². The lowest BCUT2D eigenvalue weighted by Gasteiger charge is -2.18. The summed E-state index contributed by atoms with van der Waals surface area (Å²) in [7, 11) is -4.91. The molecule has 0 aliphatic heterocycles. The van der Waals surface area contributed by atoms with Gasteiger partial charge in [0.2, 0.25) is 5.91 Å². The Labute approximate surface area is 160 Å². The first-order chi connectivity index (χ1) is 11.8. The molecule has 0 aliphatic carbocycles. The number of halogens is 3. The SMILES string of the molecule is CN(C(=O)CCCCCCCCCCSC(C)(C)C)S(=O)(=O)C(F)(F)F. The summed E-state index contributed by atoms with van der Waals surface area (Å²) in [6.07, 6.45) is 7.53. The highest BCUT2D eigenvalue weighted by Crippen LogP contribution is 2.27. The standard InChI is InChI=1S/C17H32F3NO3S2/c1-16(2,3)25-14-12-10-8-6-5-7-9-11-13-15(22)21(4)26(23,24)17(18,19)20/h5-14H2,1-4H3. The fraction of sp³-hybridized carbons (Fsp3) is 0.941. The summed E-state index contributed by atoms with van der Waals surface area (Å²) in [6, 6.07) is 0. The van der Waals surface area contributed by atoms with Gasteiger partial charge in [-0.15, -0.1) is 0 Å². The van der Waals surface area contributed by atoms with Crippen LogP contribution in [0.15, 0.2) is 0 Å². The monoisotopic (exact) mass is 419 g/mol. The van der Waals surface area contributed by atoms with E-state index in [0.717, 1.165) is 25.7 Å². The first-order valence-corrected chi connectivity index (χ1v) is 11.4. The molecule has 0 unspecified atom stereocenters. The van der Waals surface area contributed by atoms with Gasteiger partial charge in [-0.25, -0.2) is 4.31 Å². The molecule has 0 radical (unpaired) electrons. The summed E-state index contributed by atoms with van der Waals surface area (Å²) < 4.78 is 59.4. The number of unbranched alkanes of at least 4 members (excludes halogenated alkanes) is 7. The lowest BCUT2D eigenvalue weighted by Crippen LogP contribution is -2.41. The van der Waals surface area contributed by atoms with Crippen LogP contribution in [-0.4, -0.2) is 41.7 Å². The summed E-state index contributed by atoms with van der Waals surface area (Å²) in [5.41, 5.74) is -5.44. The molecule has 0 spiro atoms. The lowest BCUT2D eigenvalue weighted by molar-refractivity contribution is -0.127. The molecule has 156 valence electrons. The Bertz CT molecular complexity index is 514. The molecule has 0 bridgehead atoms. The van der Waals surface area contributed by atoms with Crippen LogP contribution in [0.5, 0.6) is 0 Å². The highest BCUT2D eigenvalue weighted by Gasteiger charge is 2.50. The Morgan fingerprint density at radius 1 is 0.885 bits per heavy atom. The van der Waals surface area contributed by atoms with E-state index in [-0.39, 0.29) is 10.7 Å². The predicted octanol–water partition coefficient (Wildman–Crippen LogP) is 5.34. The van der Waals surface area contributed by atoms with Crippen LogP contribution in [0, 0.1) is 0 Å². The van der Waals surface area contributed by atoms with Gasteiger partial charge < -0.3 is 0 Å². The molecule has 0 saturated carbocycles. The number of hydrogen-bond acceptors (Lipinski definition) is 4. The van der Waals surface area contributed by atoms with Crippen molar-refractivity contribution in [1.82, 2.24) is 4.31 Å². The Hall–Kier alpha value is -0.440. The molecule has 4 nitrogen and oxygen atoms in total. The molecule has 0 N–H and O–H groups in total. The fourth-order valence-corrected chi connectivity index (χ4v) is 3.89.